The van der Waals surface area contributed by atoms with Crippen molar-refractivity contribution in [3.05, 3.63) is 20.8 Å². The largest absolute Gasteiger partial charge is 0.312 e. The van der Waals surface area contributed by atoms with Crippen molar-refractivity contribution in [2.45, 2.75) is 18.9 Å². The summed E-state index contributed by atoms with van der Waals surface area (Å²) in [7, 11) is 1.97. The van der Waals surface area contributed by atoms with Gasteiger partial charge < -0.3 is 5.32 Å². The highest BCUT2D eigenvalue weighted by Crippen LogP contribution is 2.31. The Labute approximate surface area is 91.7 Å². The molecular formula is C10H12BrNS. The summed E-state index contributed by atoms with van der Waals surface area (Å²) in [4.78, 5) is 1.33. The van der Waals surface area contributed by atoms with Gasteiger partial charge in [-0.2, -0.15) is 0 Å². The molecule has 1 rings (SSSR count). The van der Waals surface area contributed by atoms with Crippen molar-refractivity contribution in [2.75, 3.05) is 7.05 Å². The van der Waals surface area contributed by atoms with Crippen LogP contribution >= 0.6 is 27.3 Å². The van der Waals surface area contributed by atoms with E-state index < -0.39 is 0 Å². The Kier molecular flexibility index (Phi) is 4.51. The molecule has 0 saturated carbocycles. The van der Waals surface area contributed by atoms with Crippen molar-refractivity contribution in [3.8, 4) is 12.3 Å². The molecule has 1 aromatic heterocycles. The Balaban J connectivity index is 2.68. The van der Waals surface area contributed by atoms with E-state index in [4.69, 9.17) is 6.42 Å². The predicted octanol–water partition coefficient (Wildman–Crippen LogP) is 3.18. The van der Waals surface area contributed by atoms with Gasteiger partial charge in [0, 0.05) is 21.8 Å². The van der Waals surface area contributed by atoms with E-state index in [0.717, 1.165) is 12.8 Å². The molecule has 1 nitrogen and oxygen atoms in total. The van der Waals surface area contributed by atoms with Gasteiger partial charge in [-0.05, 0) is 40.8 Å². The van der Waals surface area contributed by atoms with Crippen LogP contribution in [0.2, 0.25) is 0 Å². The summed E-state index contributed by atoms with van der Waals surface area (Å²) < 4.78 is 1.17. The van der Waals surface area contributed by atoms with Crippen LogP contribution in [0.4, 0.5) is 0 Å². The second kappa shape index (κ2) is 5.43. The second-order valence-electron chi connectivity index (χ2n) is 2.72. The lowest BCUT2D eigenvalue weighted by molar-refractivity contribution is 0.566. The van der Waals surface area contributed by atoms with E-state index in [1.807, 2.05) is 7.05 Å². The van der Waals surface area contributed by atoms with Gasteiger partial charge in [-0.15, -0.1) is 23.7 Å². The average Bonchev–Trinajstić information content (AvgIpc) is 2.54. The van der Waals surface area contributed by atoms with Gasteiger partial charge in [0.05, 0.1) is 0 Å². The molecule has 0 aliphatic rings. The number of hydrogen-bond donors (Lipinski definition) is 1. The number of hydrogen-bond acceptors (Lipinski definition) is 2. The summed E-state index contributed by atoms with van der Waals surface area (Å²) in [6.07, 6.45) is 7.04. The summed E-state index contributed by atoms with van der Waals surface area (Å²) in [5, 5.41) is 5.35. The predicted molar refractivity (Wildman–Crippen MR) is 61.9 cm³/mol. The van der Waals surface area contributed by atoms with Crippen molar-refractivity contribution in [2.24, 2.45) is 0 Å². The molecule has 0 aliphatic carbocycles. The van der Waals surface area contributed by atoms with Gasteiger partial charge in [0.2, 0.25) is 0 Å². The smallest absolute Gasteiger partial charge is 0.0432 e. The number of terminal acetylenes is 1. The van der Waals surface area contributed by atoms with Crippen LogP contribution in [0.25, 0.3) is 0 Å². The molecule has 0 bridgehead atoms. The molecule has 0 amide bonds. The summed E-state index contributed by atoms with van der Waals surface area (Å²) in [6.45, 7) is 0. The van der Waals surface area contributed by atoms with Crippen molar-refractivity contribution in [1.29, 1.82) is 0 Å². The van der Waals surface area contributed by atoms with Gasteiger partial charge in [0.1, 0.15) is 0 Å². The molecule has 3 heteroatoms. The van der Waals surface area contributed by atoms with Crippen LogP contribution in [0.3, 0.4) is 0 Å². The number of halogens is 1. The monoisotopic (exact) mass is 257 g/mol. The van der Waals surface area contributed by atoms with Crippen LogP contribution in [0.5, 0.6) is 0 Å². The van der Waals surface area contributed by atoms with Crippen molar-refractivity contribution >= 4 is 27.3 Å². The zero-order valence-electron chi connectivity index (χ0n) is 7.51. The molecule has 0 saturated heterocycles. The molecule has 1 unspecified atom stereocenters. The minimum Gasteiger partial charge on any atom is -0.312 e. The zero-order valence-corrected chi connectivity index (χ0v) is 9.91. The molecule has 1 N–H and O–H groups in total. The molecule has 0 aliphatic heterocycles. The number of rotatable bonds is 4. The molecule has 1 heterocycles. The van der Waals surface area contributed by atoms with Gasteiger partial charge >= 0.3 is 0 Å². The van der Waals surface area contributed by atoms with Crippen LogP contribution in [-0.2, 0) is 0 Å². The van der Waals surface area contributed by atoms with Crippen molar-refractivity contribution in [1.82, 2.24) is 5.32 Å². The summed E-state index contributed by atoms with van der Waals surface area (Å²) >= 11 is 5.27. The summed E-state index contributed by atoms with van der Waals surface area (Å²) in [5.41, 5.74) is 0. The maximum atomic E-state index is 5.24. The highest BCUT2D eigenvalue weighted by molar-refractivity contribution is 9.10. The topological polar surface area (TPSA) is 12.0 Å². The highest BCUT2D eigenvalue weighted by atomic mass is 79.9. The average molecular weight is 258 g/mol. The van der Waals surface area contributed by atoms with E-state index in [1.165, 1.54) is 9.35 Å². The molecule has 1 atom stereocenters. The van der Waals surface area contributed by atoms with Crippen LogP contribution in [0.1, 0.15) is 23.8 Å². The third kappa shape index (κ3) is 2.84. The first-order valence-corrected chi connectivity index (χ1v) is 5.80. The maximum Gasteiger partial charge on any atom is 0.0432 e. The normalized spacial score (nSPS) is 12.4. The molecule has 0 aromatic carbocycles. The fourth-order valence-electron chi connectivity index (χ4n) is 1.19. The molecule has 1 aromatic rings. The fourth-order valence-corrected chi connectivity index (χ4v) is 2.98. The van der Waals surface area contributed by atoms with E-state index in [9.17, 15) is 0 Å². The van der Waals surface area contributed by atoms with E-state index in [-0.39, 0.29) is 0 Å². The molecule has 0 radical (unpaired) electrons. The molecule has 0 fully saturated rings. The van der Waals surface area contributed by atoms with Crippen LogP contribution in [0, 0.1) is 12.3 Å². The Morgan fingerprint density at radius 1 is 1.77 bits per heavy atom. The third-order valence-corrected chi connectivity index (χ3v) is 3.87. The van der Waals surface area contributed by atoms with Crippen molar-refractivity contribution in [3.63, 3.8) is 0 Å². The lowest BCUT2D eigenvalue weighted by atomic mass is 10.1. The second-order valence-corrected chi connectivity index (χ2v) is 4.52. The maximum absolute atomic E-state index is 5.24. The molecule has 0 spiro atoms. The fraction of sp³-hybridized carbons (Fsp3) is 0.400. The first kappa shape index (κ1) is 10.8. The van der Waals surface area contributed by atoms with Gasteiger partial charge in [0.15, 0.2) is 0 Å². The van der Waals surface area contributed by atoms with Gasteiger partial charge in [-0.3, -0.25) is 0 Å². The Morgan fingerprint density at radius 2 is 2.54 bits per heavy atom. The first-order valence-electron chi connectivity index (χ1n) is 4.13. The molecule has 13 heavy (non-hydrogen) atoms. The Hall–Kier alpha value is -0.300. The van der Waals surface area contributed by atoms with E-state index in [1.54, 1.807) is 11.3 Å². The summed E-state index contributed by atoms with van der Waals surface area (Å²) in [5.74, 6) is 2.66. The van der Waals surface area contributed by atoms with Gasteiger partial charge in [0.25, 0.3) is 0 Å². The molecule has 70 valence electrons. The first-order chi connectivity index (χ1) is 6.29. The standard InChI is InChI=1S/C10H12BrNS/c1-3-4-5-9(12-2)10-8(11)6-7-13-10/h1,6-7,9,12H,4-5H2,2H3. The number of nitrogens with one attached hydrogen (secondary N) is 1. The van der Waals surface area contributed by atoms with E-state index in [2.05, 4.69) is 38.6 Å². The zero-order chi connectivity index (χ0) is 9.68. The quantitative estimate of drug-likeness (QED) is 0.818. The SMILES string of the molecule is C#CCCC(NC)c1sccc1Br. The van der Waals surface area contributed by atoms with E-state index >= 15 is 0 Å². The van der Waals surface area contributed by atoms with Crippen LogP contribution in [-0.4, -0.2) is 7.05 Å². The van der Waals surface area contributed by atoms with Crippen molar-refractivity contribution < 1.29 is 0 Å². The molecular weight excluding hydrogens is 246 g/mol. The number of thiophene rings is 1. The highest BCUT2D eigenvalue weighted by Gasteiger charge is 2.12. The Bertz CT molecular complexity index is 300. The third-order valence-electron chi connectivity index (χ3n) is 1.89. The van der Waals surface area contributed by atoms with Gasteiger partial charge in [-0.25, -0.2) is 0 Å². The van der Waals surface area contributed by atoms with E-state index in [0.29, 0.717) is 6.04 Å². The minimum atomic E-state index is 0.380. The lowest BCUT2D eigenvalue weighted by Crippen LogP contribution is -2.15. The van der Waals surface area contributed by atoms with Crippen LogP contribution in [0.15, 0.2) is 15.9 Å². The summed E-state index contributed by atoms with van der Waals surface area (Å²) in [6, 6.07) is 2.45. The van der Waals surface area contributed by atoms with Crippen LogP contribution < -0.4 is 5.32 Å². The lowest BCUT2D eigenvalue weighted by Gasteiger charge is -2.13. The Morgan fingerprint density at radius 3 is 3.00 bits per heavy atom. The van der Waals surface area contributed by atoms with Gasteiger partial charge in [-0.1, -0.05) is 0 Å². The minimum absolute atomic E-state index is 0.380.